The van der Waals surface area contributed by atoms with Crippen LogP contribution in [0.15, 0.2) is 39.1 Å². The minimum absolute atomic E-state index is 0.178. The van der Waals surface area contributed by atoms with E-state index in [1.165, 1.54) is 12.1 Å². The van der Waals surface area contributed by atoms with E-state index in [2.05, 4.69) is 8.80 Å². The predicted molar refractivity (Wildman–Crippen MR) is 51.6 cm³/mol. The van der Waals surface area contributed by atoms with Gasteiger partial charge in [-0.25, -0.2) is 14.0 Å². The quantitative estimate of drug-likeness (QED) is 0.566. The van der Waals surface area contributed by atoms with E-state index >= 15 is 0 Å². The Morgan fingerprint density at radius 3 is 1.69 bits per heavy atom. The molecule has 0 saturated heterocycles. The Labute approximate surface area is 90.3 Å². The van der Waals surface area contributed by atoms with Gasteiger partial charge in [-0.05, 0) is 12.1 Å². The van der Waals surface area contributed by atoms with Crippen molar-refractivity contribution in [3.05, 3.63) is 36.1 Å². The SMILES string of the molecule is Fc1ccccc1.O=C=NS(=O)(=O)N=C=O. The third-order valence-electron chi connectivity index (χ3n) is 1.04. The van der Waals surface area contributed by atoms with Gasteiger partial charge in [-0.1, -0.05) is 27.0 Å². The van der Waals surface area contributed by atoms with Crippen LogP contribution in [0.5, 0.6) is 0 Å². The fourth-order valence-corrected chi connectivity index (χ4v) is 0.758. The number of hydrogen-bond donors (Lipinski definition) is 0. The van der Waals surface area contributed by atoms with Crippen molar-refractivity contribution in [2.24, 2.45) is 8.80 Å². The molecule has 1 aromatic rings. The second-order valence-electron chi connectivity index (χ2n) is 2.11. The fraction of sp³-hybridized carbons (Fsp3) is 0. The van der Waals surface area contributed by atoms with Gasteiger partial charge < -0.3 is 0 Å². The van der Waals surface area contributed by atoms with E-state index in [0.29, 0.717) is 12.2 Å². The molecule has 8 heteroatoms. The Hall–Kier alpha value is -2.14. The summed E-state index contributed by atoms with van der Waals surface area (Å²) in [6.45, 7) is 0. The average Bonchev–Trinajstić information content (AvgIpc) is 2.19. The van der Waals surface area contributed by atoms with Crippen LogP contribution in [0.3, 0.4) is 0 Å². The summed E-state index contributed by atoms with van der Waals surface area (Å²) in [7, 11) is -4.28. The molecule has 0 atom stereocenters. The molecular formula is C8H5FN2O4S. The summed E-state index contributed by atoms with van der Waals surface area (Å²) in [6, 6.07) is 7.94. The van der Waals surface area contributed by atoms with Crippen molar-refractivity contribution in [2.75, 3.05) is 0 Å². The van der Waals surface area contributed by atoms with Crippen LogP contribution in [-0.4, -0.2) is 20.6 Å². The molecular weight excluding hydrogens is 239 g/mol. The summed E-state index contributed by atoms with van der Waals surface area (Å²) < 4.78 is 36.2. The number of isocyanates is 2. The average molecular weight is 244 g/mol. The van der Waals surface area contributed by atoms with Crippen molar-refractivity contribution >= 4 is 22.4 Å². The highest BCUT2D eigenvalue weighted by molar-refractivity contribution is 7.89. The molecule has 1 rings (SSSR count). The molecule has 0 saturated carbocycles. The minimum atomic E-state index is -4.28. The second kappa shape index (κ2) is 7.19. The van der Waals surface area contributed by atoms with Gasteiger partial charge >= 0.3 is 10.2 Å². The van der Waals surface area contributed by atoms with Crippen molar-refractivity contribution < 1.29 is 22.4 Å². The zero-order valence-electron chi connectivity index (χ0n) is 7.70. The maximum Gasteiger partial charge on any atom is 0.383 e. The Morgan fingerprint density at radius 2 is 1.44 bits per heavy atom. The molecule has 0 bridgehead atoms. The van der Waals surface area contributed by atoms with Crippen LogP contribution in [0.4, 0.5) is 4.39 Å². The van der Waals surface area contributed by atoms with Crippen LogP contribution in [-0.2, 0) is 19.8 Å². The molecule has 84 valence electrons. The van der Waals surface area contributed by atoms with E-state index < -0.39 is 10.2 Å². The van der Waals surface area contributed by atoms with Gasteiger partial charge in [0.15, 0.2) is 0 Å². The van der Waals surface area contributed by atoms with Gasteiger partial charge in [0.25, 0.3) is 12.2 Å². The zero-order valence-corrected chi connectivity index (χ0v) is 8.52. The number of halogens is 1. The fourth-order valence-electron chi connectivity index (χ4n) is 0.529. The molecule has 0 aromatic heterocycles. The van der Waals surface area contributed by atoms with Gasteiger partial charge in [-0.15, -0.1) is 0 Å². The van der Waals surface area contributed by atoms with Crippen LogP contribution in [0.1, 0.15) is 0 Å². The molecule has 1 aromatic carbocycles. The molecule has 6 nitrogen and oxygen atoms in total. The topological polar surface area (TPSA) is 93.0 Å². The lowest BCUT2D eigenvalue weighted by atomic mass is 10.4. The van der Waals surface area contributed by atoms with Crippen molar-refractivity contribution in [1.29, 1.82) is 0 Å². The monoisotopic (exact) mass is 244 g/mol. The number of rotatable bonds is 2. The highest BCUT2D eigenvalue weighted by atomic mass is 32.2. The highest BCUT2D eigenvalue weighted by Gasteiger charge is 2.00. The van der Waals surface area contributed by atoms with Crippen molar-refractivity contribution in [3.63, 3.8) is 0 Å². The number of hydrogen-bond acceptors (Lipinski definition) is 4. The van der Waals surface area contributed by atoms with E-state index in [1.54, 1.807) is 18.2 Å². The summed E-state index contributed by atoms with van der Waals surface area (Å²) in [5, 5.41) is 0. The van der Waals surface area contributed by atoms with Gasteiger partial charge in [0.2, 0.25) is 0 Å². The Morgan fingerprint density at radius 1 is 1.00 bits per heavy atom. The molecule has 0 aliphatic heterocycles. The third kappa shape index (κ3) is 7.28. The molecule has 0 fully saturated rings. The van der Waals surface area contributed by atoms with E-state index in [4.69, 9.17) is 0 Å². The summed E-state index contributed by atoms with van der Waals surface area (Å²) >= 11 is 0. The first-order chi connectivity index (χ1) is 7.52. The molecule has 16 heavy (non-hydrogen) atoms. The Kier molecular flexibility index (Phi) is 6.23. The van der Waals surface area contributed by atoms with Gasteiger partial charge in [0.1, 0.15) is 5.82 Å². The lowest BCUT2D eigenvalue weighted by Gasteiger charge is -1.78. The second-order valence-corrected chi connectivity index (χ2v) is 3.37. The zero-order chi connectivity index (χ0) is 12.4. The molecule has 0 N–H and O–H groups in total. The summed E-state index contributed by atoms with van der Waals surface area (Å²) in [4.78, 5) is 18.5. The van der Waals surface area contributed by atoms with Crippen molar-refractivity contribution in [3.8, 4) is 0 Å². The number of benzene rings is 1. The third-order valence-corrected chi connectivity index (χ3v) is 1.65. The lowest BCUT2D eigenvalue weighted by Crippen LogP contribution is -1.86. The first-order valence-electron chi connectivity index (χ1n) is 3.65. The lowest BCUT2D eigenvalue weighted by molar-refractivity contribution is 0.561. The predicted octanol–water partition coefficient (Wildman–Crippen LogP) is 0.728. The summed E-state index contributed by atoms with van der Waals surface area (Å²) in [5.74, 6) is -0.178. The largest absolute Gasteiger partial charge is 0.383 e. The molecule has 0 amide bonds. The van der Waals surface area contributed by atoms with Crippen LogP contribution in [0, 0.1) is 5.82 Å². The maximum absolute atomic E-state index is 11.9. The van der Waals surface area contributed by atoms with Gasteiger partial charge in [0, 0.05) is 0 Å². The van der Waals surface area contributed by atoms with E-state index in [0.717, 1.165) is 0 Å². The van der Waals surface area contributed by atoms with E-state index in [-0.39, 0.29) is 5.82 Å². The maximum atomic E-state index is 11.9. The van der Waals surface area contributed by atoms with E-state index in [9.17, 15) is 22.4 Å². The van der Waals surface area contributed by atoms with Crippen LogP contribution in [0.2, 0.25) is 0 Å². The molecule has 0 aliphatic rings. The number of nitrogens with zero attached hydrogens (tertiary/aromatic N) is 2. The molecule has 0 unspecified atom stereocenters. The molecule has 0 heterocycles. The summed E-state index contributed by atoms with van der Waals surface area (Å²) in [6.07, 6.45) is 1.41. The molecule has 0 spiro atoms. The van der Waals surface area contributed by atoms with Gasteiger partial charge in [-0.2, -0.15) is 8.42 Å². The molecule has 0 radical (unpaired) electrons. The first kappa shape index (κ1) is 13.9. The highest BCUT2D eigenvalue weighted by Crippen LogP contribution is 1.91. The van der Waals surface area contributed by atoms with Gasteiger partial charge in [0.05, 0.1) is 0 Å². The Balaban J connectivity index is 0.000000288. The normalized spacial score (nSPS) is 8.81. The first-order valence-corrected chi connectivity index (χ1v) is 5.05. The van der Waals surface area contributed by atoms with E-state index in [1.807, 2.05) is 0 Å². The van der Waals surface area contributed by atoms with Crippen LogP contribution >= 0.6 is 0 Å². The van der Waals surface area contributed by atoms with Gasteiger partial charge in [-0.3, -0.25) is 0 Å². The van der Waals surface area contributed by atoms with Crippen LogP contribution < -0.4 is 0 Å². The van der Waals surface area contributed by atoms with Crippen molar-refractivity contribution in [1.82, 2.24) is 0 Å². The standard InChI is InChI=1S/C6H5F.C2N2O4S/c7-6-4-2-1-3-5-6;5-1-3-9(7,8)4-2-6/h1-5H;. The summed E-state index contributed by atoms with van der Waals surface area (Å²) in [5.41, 5.74) is 0. The van der Waals surface area contributed by atoms with Crippen molar-refractivity contribution in [2.45, 2.75) is 0 Å². The Bertz CT molecular complexity index is 492. The smallest absolute Gasteiger partial charge is 0.210 e. The number of carbonyl (C=O) groups excluding carboxylic acids is 2. The van der Waals surface area contributed by atoms with Crippen LogP contribution in [0.25, 0.3) is 0 Å². The minimum Gasteiger partial charge on any atom is -0.210 e. The molecule has 0 aliphatic carbocycles.